The number of benzene rings is 2. The highest BCUT2D eigenvalue weighted by atomic mass is 35.5. The van der Waals surface area contributed by atoms with Gasteiger partial charge in [-0.1, -0.05) is 47.5 Å². The molecule has 0 atom stereocenters. The van der Waals surface area contributed by atoms with Gasteiger partial charge in [0.15, 0.2) is 0 Å². The number of nitrogens with one attached hydrogen (secondary N) is 2. The van der Waals surface area contributed by atoms with Crippen molar-refractivity contribution in [2.75, 3.05) is 0 Å². The van der Waals surface area contributed by atoms with E-state index in [9.17, 15) is 9.59 Å². The van der Waals surface area contributed by atoms with Crippen LogP contribution in [0.15, 0.2) is 48.5 Å². The summed E-state index contributed by atoms with van der Waals surface area (Å²) < 4.78 is 0. The second kappa shape index (κ2) is 7.61. The van der Waals surface area contributed by atoms with Crippen LogP contribution in [0.2, 0.25) is 5.02 Å². The molecule has 4 nitrogen and oxygen atoms in total. The van der Waals surface area contributed by atoms with E-state index in [1.54, 1.807) is 24.3 Å². The van der Waals surface area contributed by atoms with Gasteiger partial charge in [-0.25, -0.2) is 0 Å². The number of hydrogen-bond donors (Lipinski definition) is 2. The fraction of sp³-hybridized carbons (Fsp3) is 0.176. The molecule has 0 fully saturated rings. The van der Waals surface area contributed by atoms with Crippen LogP contribution in [0.25, 0.3) is 0 Å². The van der Waals surface area contributed by atoms with E-state index in [-0.39, 0.29) is 18.2 Å². The van der Waals surface area contributed by atoms with Crippen molar-refractivity contribution in [2.24, 2.45) is 0 Å². The summed E-state index contributed by atoms with van der Waals surface area (Å²) in [5.41, 5.74) is 7.21. The highest BCUT2D eigenvalue weighted by molar-refractivity contribution is 6.31. The molecule has 0 spiro atoms. The highest BCUT2D eigenvalue weighted by Gasteiger charge is 2.08. The molecule has 2 aromatic rings. The maximum atomic E-state index is 11.9. The molecule has 0 radical (unpaired) electrons. The van der Waals surface area contributed by atoms with E-state index in [0.717, 1.165) is 11.1 Å². The van der Waals surface area contributed by atoms with Gasteiger partial charge in [-0.2, -0.15) is 0 Å². The summed E-state index contributed by atoms with van der Waals surface area (Å²) in [6.45, 7) is 1.90. The smallest absolute Gasteiger partial charge is 0.269 e. The Balaban J connectivity index is 1.81. The maximum absolute atomic E-state index is 11.9. The van der Waals surface area contributed by atoms with Crippen LogP contribution in [0.5, 0.6) is 0 Å². The van der Waals surface area contributed by atoms with Crippen molar-refractivity contribution in [3.8, 4) is 0 Å². The van der Waals surface area contributed by atoms with Crippen LogP contribution in [-0.4, -0.2) is 11.8 Å². The third-order valence-electron chi connectivity index (χ3n) is 3.17. The van der Waals surface area contributed by atoms with E-state index in [1.807, 2.05) is 31.2 Å². The average molecular weight is 317 g/mol. The van der Waals surface area contributed by atoms with E-state index in [1.165, 1.54) is 0 Å². The molecule has 0 saturated carbocycles. The average Bonchev–Trinajstić information content (AvgIpc) is 2.52. The Labute approximate surface area is 134 Å². The molecular weight excluding hydrogens is 300 g/mol. The summed E-state index contributed by atoms with van der Waals surface area (Å²) in [4.78, 5) is 23.6. The lowest BCUT2D eigenvalue weighted by Crippen LogP contribution is -2.41. The van der Waals surface area contributed by atoms with Crippen LogP contribution >= 0.6 is 11.6 Å². The first-order valence-electron chi connectivity index (χ1n) is 6.95. The molecule has 2 rings (SSSR count). The summed E-state index contributed by atoms with van der Waals surface area (Å²) in [6, 6.07) is 14.5. The molecule has 2 aromatic carbocycles. The predicted molar refractivity (Wildman–Crippen MR) is 86.6 cm³/mol. The molecule has 0 aromatic heterocycles. The molecule has 5 heteroatoms. The lowest BCUT2D eigenvalue weighted by atomic mass is 10.1. The highest BCUT2D eigenvalue weighted by Crippen LogP contribution is 2.16. The molecule has 0 saturated heterocycles. The molecule has 2 N–H and O–H groups in total. The lowest BCUT2D eigenvalue weighted by Gasteiger charge is -2.08. The molecule has 0 heterocycles. The fourth-order valence-electron chi connectivity index (χ4n) is 2.00. The van der Waals surface area contributed by atoms with E-state index >= 15 is 0 Å². The number of hydrazine groups is 1. The van der Waals surface area contributed by atoms with E-state index in [2.05, 4.69) is 10.9 Å². The van der Waals surface area contributed by atoms with Crippen molar-refractivity contribution in [2.45, 2.75) is 19.8 Å². The van der Waals surface area contributed by atoms with Gasteiger partial charge >= 0.3 is 0 Å². The third kappa shape index (κ3) is 4.60. The van der Waals surface area contributed by atoms with E-state index in [0.29, 0.717) is 17.0 Å². The zero-order valence-corrected chi connectivity index (χ0v) is 13.0. The number of rotatable bonds is 4. The number of amides is 2. The van der Waals surface area contributed by atoms with Gasteiger partial charge in [0, 0.05) is 17.0 Å². The quantitative estimate of drug-likeness (QED) is 0.852. The largest absolute Gasteiger partial charge is 0.273 e. The Morgan fingerprint density at radius 2 is 1.82 bits per heavy atom. The normalized spacial score (nSPS) is 10.1. The molecular formula is C17H17ClN2O2. The topological polar surface area (TPSA) is 58.2 Å². The van der Waals surface area contributed by atoms with Crippen LogP contribution in [0.1, 0.15) is 27.9 Å². The van der Waals surface area contributed by atoms with Gasteiger partial charge < -0.3 is 0 Å². The first-order valence-corrected chi connectivity index (χ1v) is 7.33. The number of carbonyl (C=O) groups excluding carboxylic acids is 2. The minimum atomic E-state index is -0.338. The van der Waals surface area contributed by atoms with Crippen molar-refractivity contribution in [1.29, 1.82) is 0 Å². The van der Waals surface area contributed by atoms with Crippen LogP contribution < -0.4 is 10.9 Å². The number of carbonyl (C=O) groups is 2. The van der Waals surface area contributed by atoms with Crippen LogP contribution in [0.3, 0.4) is 0 Å². The molecule has 0 aliphatic carbocycles. The van der Waals surface area contributed by atoms with Crippen LogP contribution in [-0.2, 0) is 11.2 Å². The molecule has 0 unspecified atom stereocenters. The molecule has 0 aliphatic heterocycles. The van der Waals surface area contributed by atoms with Crippen molar-refractivity contribution in [3.05, 3.63) is 70.2 Å². The zero-order chi connectivity index (χ0) is 15.9. The minimum absolute atomic E-state index is 0.248. The van der Waals surface area contributed by atoms with Crippen molar-refractivity contribution < 1.29 is 9.59 Å². The Morgan fingerprint density at radius 3 is 2.55 bits per heavy atom. The van der Waals surface area contributed by atoms with Crippen LogP contribution in [0.4, 0.5) is 0 Å². The lowest BCUT2D eigenvalue weighted by molar-refractivity contribution is -0.121. The maximum Gasteiger partial charge on any atom is 0.269 e. The monoisotopic (exact) mass is 316 g/mol. The SMILES string of the molecule is Cc1cccc(C(=O)NNC(=O)CCc2ccccc2Cl)c1. The fourth-order valence-corrected chi connectivity index (χ4v) is 2.23. The Kier molecular flexibility index (Phi) is 5.55. The summed E-state index contributed by atoms with van der Waals surface area (Å²) in [5, 5.41) is 0.638. The molecule has 0 aliphatic rings. The van der Waals surface area contributed by atoms with Crippen molar-refractivity contribution in [3.63, 3.8) is 0 Å². The van der Waals surface area contributed by atoms with Gasteiger partial charge in [0.25, 0.3) is 5.91 Å². The van der Waals surface area contributed by atoms with Gasteiger partial charge in [0.2, 0.25) is 5.91 Å². The first-order chi connectivity index (χ1) is 10.6. The van der Waals surface area contributed by atoms with Gasteiger partial charge in [0.1, 0.15) is 0 Å². The van der Waals surface area contributed by atoms with Gasteiger partial charge in [-0.05, 0) is 37.1 Å². The molecule has 22 heavy (non-hydrogen) atoms. The Bertz CT molecular complexity index is 686. The van der Waals surface area contributed by atoms with Gasteiger partial charge in [-0.15, -0.1) is 0 Å². The zero-order valence-electron chi connectivity index (χ0n) is 12.2. The van der Waals surface area contributed by atoms with Gasteiger partial charge in [0.05, 0.1) is 0 Å². The first kappa shape index (κ1) is 16.0. The summed E-state index contributed by atoms with van der Waals surface area (Å²) in [7, 11) is 0. The summed E-state index contributed by atoms with van der Waals surface area (Å²) in [5.74, 6) is -0.601. The third-order valence-corrected chi connectivity index (χ3v) is 3.54. The van der Waals surface area contributed by atoms with Crippen molar-refractivity contribution >= 4 is 23.4 Å². The molecule has 0 bridgehead atoms. The minimum Gasteiger partial charge on any atom is -0.273 e. The van der Waals surface area contributed by atoms with Gasteiger partial charge in [-0.3, -0.25) is 20.4 Å². The van der Waals surface area contributed by atoms with Crippen LogP contribution in [0, 0.1) is 6.92 Å². The predicted octanol–water partition coefficient (Wildman–Crippen LogP) is 3.04. The molecule has 114 valence electrons. The standard InChI is InChI=1S/C17H17ClN2O2/c1-12-5-4-7-14(11-12)17(22)20-19-16(21)10-9-13-6-2-3-8-15(13)18/h2-8,11H,9-10H2,1H3,(H,19,21)(H,20,22). The second-order valence-electron chi connectivity index (χ2n) is 4.96. The second-order valence-corrected chi connectivity index (χ2v) is 5.37. The van der Waals surface area contributed by atoms with Crippen molar-refractivity contribution in [1.82, 2.24) is 10.9 Å². The number of hydrogen-bond acceptors (Lipinski definition) is 2. The summed E-state index contributed by atoms with van der Waals surface area (Å²) >= 11 is 6.03. The Hall–Kier alpha value is -2.33. The molecule has 2 amide bonds. The summed E-state index contributed by atoms with van der Waals surface area (Å²) in [6.07, 6.45) is 0.768. The van der Waals surface area contributed by atoms with E-state index < -0.39 is 0 Å². The Morgan fingerprint density at radius 1 is 1.05 bits per heavy atom. The number of aryl methyl sites for hydroxylation is 2. The van der Waals surface area contributed by atoms with E-state index in [4.69, 9.17) is 11.6 Å². The number of halogens is 1.